The molecule has 0 spiro atoms. The maximum atomic E-state index is 14.5. The predicted molar refractivity (Wildman–Crippen MR) is 96.1 cm³/mol. The first-order chi connectivity index (χ1) is 12.8. The van der Waals surface area contributed by atoms with E-state index in [0.717, 1.165) is 31.4 Å². The van der Waals surface area contributed by atoms with Crippen LogP contribution in [0, 0.1) is 17.5 Å². The van der Waals surface area contributed by atoms with Gasteiger partial charge < -0.3 is 5.11 Å². The minimum absolute atomic E-state index is 0.0253. The summed E-state index contributed by atoms with van der Waals surface area (Å²) in [5.41, 5.74) is 0.179. The molecule has 0 fully saturated rings. The first-order valence-corrected chi connectivity index (χ1v) is 8.99. The summed E-state index contributed by atoms with van der Waals surface area (Å²) in [6.45, 7) is 2.04. The minimum Gasteiger partial charge on any atom is -0.478 e. The fourth-order valence-corrected chi connectivity index (χ4v) is 3.10. The lowest BCUT2D eigenvalue weighted by molar-refractivity contribution is 0.0695. The summed E-state index contributed by atoms with van der Waals surface area (Å²) >= 11 is 0. The Labute approximate surface area is 155 Å². The van der Waals surface area contributed by atoms with Gasteiger partial charge in [0.25, 0.3) is 0 Å². The zero-order valence-corrected chi connectivity index (χ0v) is 15.1. The van der Waals surface area contributed by atoms with Crippen molar-refractivity contribution in [3.63, 3.8) is 0 Å². The van der Waals surface area contributed by atoms with Gasteiger partial charge in [0.2, 0.25) is 0 Å². The average Bonchev–Trinajstić information content (AvgIpc) is 2.63. The Morgan fingerprint density at radius 3 is 2.33 bits per heavy atom. The molecule has 1 N–H and O–H groups in total. The summed E-state index contributed by atoms with van der Waals surface area (Å²) in [5, 5.41) is 9.42. The van der Waals surface area contributed by atoms with Gasteiger partial charge in [0, 0.05) is 6.42 Å². The molecule has 0 amide bonds. The Morgan fingerprint density at radius 2 is 1.74 bits per heavy atom. The van der Waals surface area contributed by atoms with Gasteiger partial charge in [-0.3, -0.25) is 0 Å². The normalized spacial score (nSPS) is 12.2. The number of rotatable bonds is 9. The number of alkyl halides is 1. The molecule has 1 unspecified atom stereocenters. The van der Waals surface area contributed by atoms with Crippen LogP contribution in [-0.4, -0.2) is 17.2 Å². The molecule has 0 heterocycles. The summed E-state index contributed by atoms with van der Waals surface area (Å²) in [7, 11) is 0. The van der Waals surface area contributed by atoms with E-state index in [2.05, 4.69) is 0 Å². The third-order valence-corrected chi connectivity index (χ3v) is 4.50. The Morgan fingerprint density at radius 1 is 1.07 bits per heavy atom. The Kier molecular flexibility index (Phi) is 7.39. The van der Waals surface area contributed by atoms with Gasteiger partial charge in [-0.1, -0.05) is 44.7 Å². The van der Waals surface area contributed by atoms with Crippen molar-refractivity contribution in [3.8, 4) is 11.1 Å². The van der Waals surface area contributed by atoms with Gasteiger partial charge in [0.1, 0.15) is 6.17 Å². The van der Waals surface area contributed by atoms with Gasteiger partial charge in [0.15, 0.2) is 17.5 Å². The molecule has 0 bridgehead atoms. The molecule has 0 aliphatic heterocycles. The maximum Gasteiger partial charge on any atom is 0.335 e. The first kappa shape index (κ1) is 20.9. The molecule has 0 aliphatic rings. The second-order valence-corrected chi connectivity index (χ2v) is 6.54. The largest absolute Gasteiger partial charge is 0.478 e. The van der Waals surface area contributed by atoms with E-state index in [4.69, 9.17) is 0 Å². The van der Waals surface area contributed by atoms with Crippen LogP contribution in [0.3, 0.4) is 0 Å². The number of carboxylic acid groups (broad SMARTS) is 1. The standard InChI is InChI=1S/C21H22F4O2/c1-2-3-4-5-7-14(22)12-17-15(8-6-9-16(17)21(26)27)13-10-18(23)20(25)19(24)11-13/h6,8-11,14H,2-5,7,12H2,1H3,(H,26,27). The lowest BCUT2D eigenvalue weighted by atomic mass is 9.90. The molecule has 27 heavy (non-hydrogen) atoms. The lowest BCUT2D eigenvalue weighted by Crippen LogP contribution is -2.11. The van der Waals surface area contributed by atoms with Crippen LogP contribution in [0.5, 0.6) is 0 Å². The van der Waals surface area contributed by atoms with Crippen molar-refractivity contribution in [1.29, 1.82) is 0 Å². The van der Waals surface area contributed by atoms with E-state index in [0.29, 0.717) is 6.42 Å². The predicted octanol–water partition coefficient (Wildman–Crippen LogP) is 6.32. The van der Waals surface area contributed by atoms with Crippen LogP contribution in [0.2, 0.25) is 0 Å². The number of carboxylic acids is 1. The Bertz CT molecular complexity index is 782. The van der Waals surface area contributed by atoms with Gasteiger partial charge in [-0.25, -0.2) is 22.4 Å². The van der Waals surface area contributed by atoms with Gasteiger partial charge in [0.05, 0.1) is 5.56 Å². The van der Waals surface area contributed by atoms with Crippen molar-refractivity contribution in [2.75, 3.05) is 0 Å². The highest BCUT2D eigenvalue weighted by molar-refractivity contribution is 5.92. The number of aromatic carboxylic acids is 1. The van der Waals surface area contributed by atoms with Crippen molar-refractivity contribution in [1.82, 2.24) is 0 Å². The zero-order valence-electron chi connectivity index (χ0n) is 15.1. The molecule has 6 heteroatoms. The number of hydrogen-bond acceptors (Lipinski definition) is 1. The van der Waals surface area contributed by atoms with E-state index in [1.165, 1.54) is 18.2 Å². The number of benzene rings is 2. The van der Waals surface area contributed by atoms with Crippen LogP contribution in [0.1, 0.15) is 54.9 Å². The third kappa shape index (κ3) is 5.31. The first-order valence-electron chi connectivity index (χ1n) is 8.99. The molecular weight excluding hydrogens is 360 g/mol. The summed E-state index contributed by atoms with van der Waals surface area (Å²) in [6, 6.07) is 5.77. The van der Waals surface area contributed by atoms with Gasteiger partial charge in [-0.15, -0.1) is 0 Å². The van der Waals surface area contributed by atoms with Crippen LogP contribution in [0.25, 0.3) is 11.1 Å². The molecule has 0 aromatic heterocycles. The van der Waals surface area contributed by atoms with Crippen molar-refractivity contribution in [3.05, 3.63) is 58.9 Å². The van der Waals surface area contributed by atoms with E-state index >= 15 is 0 Å². The molecule has 2 nitrogen and oxygen atoms in total. The van der Waals surface area contributed by atoms with Gasteiger partial charge in [-0.2, -0.15) is 0 Å². The van der Waals surface area contributed by atoms with Gasteiger partial charge >= 0.3 is 5.97 Å². The number of unbranched alkanes of at least 4 members (excludes halogenated alkanes) is 3. The second-order valence-electron chi connectivity index (χ2n) is 6.54. The summed E-state index contributed by atoms with van der Waals surface area (Å²) in [4.78, 5) is 11.5. The van der Waals surface area contributed by atoms with E-state index in [-0.39, 0.29) is 35.1 Å². The molecular formula is C21H22F4O2. The highest BCUT2D eigenvalue weighted by atomic mass is 19.2. The zero-order chi connectivity index (χ0) is 20.0. The Balaban J connectivity index is 2.38. The van der Waals surface area contributed by atoms with Crippen LogP contribution >= 0.6 is 0 Å². The number of hydrogen-bond donors (Lipinski definition) is 1. The topological polar surface area (TPSA) is 37.3 Å². The number of halogens is 4. The van der Waals surface area contributed by atoms with E-state index < -0.39 is 29.6 Å². The molecule has 0 saturated carbocycles. The van der Waals surface area contributed by atoms with Crippen molar-refractivity contribution in [2.24, 2.45) is 0 Å². The highest BCUT2D eigenvalue weighted by Gasteiger charge is 2.21. The third-order valence-electron chi connectivity index (χ3n) is 4.50. The van der Waals surface area contributed by atoms with E-state index in [9.17, 15) is 27.5 Å². The minimum atomic E-state index is -1.60. The van der Waals surface area contributed by atoms with E-state index in [1.54, 1.807) is 0 Å². The molecule has 0 radical (unpaired) electrons. The average molecular weight is 382 g/mol. The Hall–Kier alpha value is -2.37. The lowest BCUT2D eigenvalue weighted by Gasteiger charge is -2.16. The molecule has 0 aliphatic carbocycles. The molecule has 2 aromatic carbocycles. The molecule has 1 atom stereocenters. The quantitative estimate of drug-likeness (QED) is 0.313. The summed E-state index contributed by atoms with van der Waals surface area (Å²) in [6.07, 6.45) is 2.39. The van der Waals surface area contributed by atoms with Crippen molar-refractivity contribution >= 4 is 5.97 Å². The number of carbonyl (C=O) groups is 1. The molecule has 0 saturated heterocycles. The van der Waals surface area contributed by atoms with E-state index in [1.807, 2.05) is 6.92 Å². The maximum absolute atomic E-state index is 14.5. The fourth-order valence-electron chi connectivity index (χ4n) is 3.10. The fraction of sp³-hybridized carbons (Fsp3) is 0.381. The SMILES string of the molecule is CCCCCCC(F)Cc1c(C(=O)O)cccc1-c1cc(F)c(F)c(F)c1. The molecule has 2 aromatic rings. The smallest absolute Gasteiger partial charge is 0.335 e. The summed E-state index contributed by atoms with van der Waals surface area (Å²) in [5.74, 6) is -5.62. The van der Waals surface area contributed by atoms with Crippen molar-refractivity contribution < 1.29 is 27.5 Å². The highest BCUT2D eigenvalue weighted by Crippen LogP contribution is 2.31. The van der Waals surface area contributed by atoms with Crippen LogP contribution in [0.15, 0.2) is 30.3 Å². The van der Waals surface area contributed by atoms with Crippen LogP contribution < -0.4 is 0 Å². The molecule has 146 valence electrons. The van der Waals surface area contributed by atoms with Gasteiger partial charge in [-0.05, 0) is 41.3 Å². The second kappa shape index (κ2) is 9.53. The van der Waals surface area contributed by atoms with Crippen LogP contribution in [0.4, 0.5) is 17.6 Å². The summed E-state index contributed by atoms with van der Waals surface area (Å²) < 4.78 is 54.9. The monoisotopic (exact) mass is 382 g/mol. The van der Waals surface area contributed by atoms with Crippen LogP contribution in [-0.2, 0) is 6.42 Å². The van der Waals surface area contributed by atoms with Crippen molar-refractivity contribution in [2.45, 2.75) is 51.6 Å². The molecule has 2 rings (SSSR count).